The van der Waals surface area contributed by atoms with E-state index in [1.54, 1.807) is 24.3 Å². The number of carbonyl (C=O) groups is 2. The highest BCUT2D eigenvalue weighted by Crippen LogP contribution is 2.27. The van der Waals surface area contributed by atoms with E-state index in [2.05, 4.69) is 0 Å². The predicted octanol–water partition coefficient (Wildman–Crippen LogP) is 3.16. The summed E-state index contributed by atoms with van der Waals surface area (Å²) in [5, 5.41) is 0. The summed E-state index contributed by atoms with van der Waals surface area (Å²) in [6.45, 7) is 0.549. The summed E-state index contributed by atoms with van der Waals surface area (Å²) in [5.74, 6) is 0.418. The van der Waals surface area contributed by atoms with Gasteiger partial charge >= 0.3 is 0 Å². The second kappa shape index (κ2) is 5.00. The third kappa shape index (κ3) is 2.33. The van der Waals surface area contributed by atoms with Gasteiger partial charge in [0.25, 0.3) is 0 Å². The Morgan fingerprint density at radius 3 is 2.47 bits per heavy atom. The minimum Gasteiger partial charge on any atom is -0.489 e. The summed E-state index contributed by atoms with van der Waals surface area (Å²) in [5.41, 5.74) is 0.928. The molecule has 19 heavy (non-hydrogen) atoms. The van der Waals surface area contributed by atoms with Gasteiger partial charge in [0.05, 0.1) is 6.61 Å². The van der Waals surface area contributed by atoms with Gasteiger partial charge in [-0.2, -0.15) is 0 Å². The maximum atomic E-state index is 12.2. The molecule has 0 aromatic heterocycles. The zero-order valence-electron chi connectivity index (χ0n) is 10.7. The van der Waals surface area contributed by atoms with Gasteiger partial charge in [0.1, 0.15) is 0 Å². The maximum absolute atomic E-state index is 12.2. The molecule has 0 saturated heterocycles. The molecule has 1 saturated carbocycles. The van der Waals surface area contributed by atoms with Crippen molar-refractivity contribution in [2.45, 2.75) is 25.7 Å². The number of fused-ring (bicyclic) bond motifs is 1. The van der Waals surface area contributed by atoms with Crippen molar-refractivity contribution in [1.82, 2.24) is 0 Å². The van der Waals surface area contributed by atoms with Gasteiger partial charge in [-0.25, -0.2) is 0 Å². The molecule has 3 heteroatoms. The molecular weight excluding hydrogens is 240 g/mol. The zero-order chi connectivity index (χ0) is 13.2. The lowest BCUT2D eigenvalue weighted by atomic mass is 9.94. The first-order valence-corrected chi connectivity index (χ1v) is 6.78. The van der Waals surface area contributed by atoms with Crippen LogP contribution in [0.3, 0.4) is 0 Å². The first kappa shape index (κ1) is 12.2. The highest BCUT2D eigenvalue weighted by molar-refractivity contribution is 6.23. The Balaban J connectivity index is 1.76. The van der Waals surface area contributed by atoms with Gasteiger partial charge < -0.3 is 4.74 Å². The molecule has 2 aliphatic rings. The Bertz CT molecular complexity index is 551. The van der Waals surface area contributed by atoms with Gasteiger partial charge in [-0.3, -0.25) is 9.59 Å². The lowest BCUT2D eigenvalue weighted by molar-refractivity contribution is 0.0850. The molecule has 0 amide bonds. The number of ether oxygens (including phenoxy) is 1. The number of carbonyl (C=O) groups excluding carboxylic acids is 2. The molecule has 3 rings (SSSR count). The van der Waals surface area contributed by atoms with Crippen molar-refractivity contribution in [3.8, 4) is 0 Å². The minimum atomic E-state index is -0.173. The van der Waals surface area contributed by atoms with Crippen LogP contribution in [0.25, 0.3) is 0 Å². The van der Waals surface area contributed by atoms with Crippen LogP contribution >= 0.6 is 0 Å². The van der Waals surface area contributed by atoms with Crippen molar-refractivity contribution in [2.75, 3.05) is 6.61 Å². The molecule has 2 aliphatic carbocycles. The van der Waals surface area contributed by atoms with Gasteiger partial charge in [0.2, 0.25) is 5.78 Å². The van der Waals surface area contributed by atoms with Crippen LogP contribution in [0.2, 0.25) is 0 Å². The highest BCUT2D eigenvalue weighted by atomic mass is 16.5. The van der Waals surface area contributed by atoms with Crippen LogP contribution in [-0.4, -0.2) is 18.2 Å². The SMILES string of the molecule is O=C1C=C(OCC2CCCC2)C(=O)c2ccccc21. The molecule has 98 valence electrons. The van der Waals surface area contributed by atoms with E-state index >= 15 is 0 Å². The quantitative estimate of drug-likeness (QED) is 0.834. The number of rotatable bonds is 3. The normalized spacial score (nSPS) is 19.3. The van der Waals surface area contributed by atoms with E-state index in [-0.39, 0.29) is 17.3 Å². The van der Waals surface area contributed by atoms with Crippen LogP contribution in [-0.2, 0) is 4.74 Å². The fourth-order valence-electron chi connectivity index (χ4n) is 2.78. The third-order valence-electron chi connectivity index (χ3n) is 3.87. The van der Waals surface area contributed by atoms with Crippen molar-refractivity contribution in [2.24, 2.45) is 5.92 Å². The Morgan fingerprint density at radius 2 is 1.74 bits per heavy atom. The standard InChI is InChI=1S/C16H16O3/c17-14-9-15(19-10-11-5-1-2-6-11)16(18)13-8-4-3-7-12(13)14/h3-4,7-9,11H,1-2,5-6,10H2. The molecule has 1 aromatic carbocycles. The van der Waals surface area contributed by atoms with Crippen LogP contribution in [0.1, 0.15) is 46.4 Å². The number of Topliss-reactive ketones (excluding diaryl/α,β-unsaturated/α-hetero) is 1. The second-order valence-electron chi connectivity index (χ2n) is 5.21. The molecule has 0 heterocycles. The average molecular weight is 256 g/mol. The van der Waals surface area contributed by atoms with Crippen molar-refractivity contribution < 1.29 is 14.3 Å². The lowest BCUT2D eigenvalue weighted by Gasteiger charge is -2.17. The fourth-order valence-corrected chi connectivity index (χ4v) is 2.78. The number of benzene rings is 1. The zero-order valence-corrected chi connectivity index (χ0v) is 10.7. The van der Waals surface area contributed by atoms with Crippen LogP contribution in [0.4, 0.5) is 0 Å². The monoisotopic (exact) mass is 256 g/mol. The van der Waals surface area contributed by atoms with E-state index < -0.39 is 0 Å². The first-order chi connectivity index (χ1) is 9.25. The van der Waals surface area contributed by atoms with E-state index in [9.17, 15) is 9.59 Å². The molecule has 1 fully saturated rings. The molecule has 0 spiro atoms. The van der Waals surface area contributed by atoms with Crippen LogP contribution in [0.15, 0.2) is 36.1 Å². The Morgan fingerprint density at radius 1 is 1.05 bits per heavy atom. The van der Waals surface area contributed by atoms with E-state index in [0.29, 0.717) is 23.7 Å². The summed E-state index contributed by atoms with van der Waals surface area (Å²) < 4.78 is 5.60. The fraction of sp³-hybridized carbons (Fsp3) is 0.375. The molecule has 0 atom stereocenters. The van der Waals surface area contributed by atoms with Crippen molar-refractivity contribution in [1.29, 1.82) is 0 Å². The summed E-state index contributed by atoms with van der Waals surface area (Å²) in [4.78, 5) is 24.2. The van der Waals surface area contributed by atoms with Gasteiger partial charge in [-0.1, -0.05) is 37.1 Å². The molecule has 3 nitrogen and oxygen atoms in total. The van der Waals surface area contributed by atoms with E-state index in [0.717, 1.165) is 12.8 Å². The van der Waals surface area contributed by atoms with Crippen molar-refractivity contribution in [3.05, 3.63) is 47.2 Å². The summed E-state index contributed by atoms with van der Waals surface area (Å²) in [6, 6.07) is 6.90. The Kier molecular flexibility index (Phi) is 3.20. The molecule has 0 aliphatic heterocycles. The molecule has 0 radical (unpaired) electrons. The predicted molar refractivity (Wildman–Crippen MR) is 71.1 cm³/mol. The average Bonchev–Trinajstić information content (AvgIpc) is 2.95. The van der Waals surface area contributed by atoms with Crippen LogP contribution < -0.4 is 0 Å². The van der Waals surface area contributed by atoms with Gasteiger partial charge in [-0.15, -0.1) is 0 Å². The second-order valence-corrected chi connectivity index (χ2v) is 5.21. The summed E-state index contributed by atoms with van der Waals surface area (Å²) in [6.07, 6.45) is 6.13. The molecule has 1 aromatic rings. The van der Waals surface area contributed by atoms with E-state index in [1.807, 2.05) is 0 Å². The minimum absolute atomic E-state index is 0.142. The number of ketones is 2. The Hall–Kier alpha value is -1.90. The smallest absolute Gasteiger partial charge is 0.228 e. The molecule has 0 bridgehead atoms. The van der Waals surface area contributed by atoms with Crippen LogP contribution in [0.5, 0.6) is 0 Å². The van der Waals surface area contributed by atoms with Crippen LogP contribution in [0, 0.1) is 5.92 Å². The maximum Gasteiger partial charge on any atom is 0.228 e. The molecule has 0 unspecified atom stereocenters. The molecule has 0 N–H and O–H groups in total. The third-order valence-corrected chi connectivity index (χ3v) is 3.87. The number of allylic oxidation sites excluding steroid dienone is 2. The van der Waals surface area contributed by atoms with Gasteiger partial charge in [0, 0.05) is 17.2 Å². The van der Waals surface area contributed by atoms with Crippen molar-refractivity contribution in [3.63, 3.8) is 0 Å². The van der Waals surface area contributed by atoms with Gasteiger partial charge in [0.15, 0.2) is 11.5 Å². The van der Waals surface area contributed by atoms with E-state index in [1.165, 1.54) is 18.9 Å². The topological polar surface area (TPSA) is 43.4 Å². The van der Waals surface area contributed by atoms with Gasteiger partial charge in [-0.05, 0) is 18.8 Å². The summed E-state index contributed by atoms with van der Waals surface area (Å²) >= 11 is 0. The Labute approximate surface area is 112 Å². The highest BCUT2D eigenvalue weighted by Gasteiger charge is 2.27. The molecular formula is C16H16O3. The lowest BCUT2D eigenvalue weighted by Crippen LogP contribution is -2.20. The van der Waals surface area contributed by atoms with Crippen molar-refractivity contribution >= 4 is 11.6 Å². The largest absolute Gasteiger partial charge is 0.489 e. The first-order valence-electron chi connectivity index (χ1n) is 6.78. The number of hydrogen-bond acceptors (Lipinski definition) is 3. The number of hydrogen-bond donors (Lipinski definition) is 0. The summed E-state index contributed by atoms with van der Waals surface area (Å²) in [7, 11) is 0. The van der Waals surface area contributed by atoms with E-state index in [4.69, 9.17) is 4.74 Å².